The third-order valence-electron chi connectivity index (χ3n) is 3.15. The molecule has 2 heterocycles. The van der Waals surface area contributed by atoms with Gasteiger partial charge < -0.3 is 14.6 Å². The number of carbonyl (C=O) groups is 1. The number of piperidine rings is 1. The van der Waals surface area contributed by atoms with Crippen molar-refractivity contribution in [1.82, 2.24) is 15.5 Å². The lowest BCUT2D eigenvalue weighted by Gasteiger charge is -2.29. The third kappa shape index (κ3) is 2.75. The Hall–Kier alpha value is -1.30. The second kappa shape index (κ2) is 5.56. The van der Waals surface area contributed by atoms with Gasteiger partial charge in [-0.05, 0) is 19.8 Å². The largest absolute Gasteiger partial charge is 0.406 e. The van der Waals surface area contributed by atoms with Crippen molar-refractivity contribution in [1.29, 1.82) is 0 Å². The van der Waals surface area contributed by atoms with Crippen molar-refractivity contribution in [2.45, 2.75) is 25.1 Å². The van der Waals surface area contributed by atoms with Gasteiger partial charge in [-0.25, -0.2) is 0 Å². The fraction of sp³-hybridized carbons (Fsp3) is 0.727. The van der Waals surface area contributed by atoms with Crippen molar-refractivity contribution in [2.75, 3.05) is 25.0 Å². The van der Waals surface area contributed by atoms with Gasteiger partial charge in [0.05, 0.1) is 0 Å². The molecule has 0 spiro atoms. The molecule has 1 atom stereocenters. The van der Waals surface area contributed by atoms with Gasteiger partial charge in [0.1, 0.15) is 5.38 Å². The van der Waals surface area contributed by atoms with Crippen molar-refractivity contribution in [3.05, 3.63) is 5.89 Å². The number of hydrogen-bond acceptors (Lipinski definition) is 5. The number of nitrogens with zero attached hydrogens (tertiary/aromatic N) is 3. The lowest BCUT2D eigenvalue weighted by atomic mass is 9.96. The molecule has 1 N–H and O–H groups in total. The van der Waals surface area contributed by atoms with Gasteiger partial charge in [0.15, 0.2) is 0 Å². The van der Waals surface area contributed by atoms with Crippen LogP contribution in [0.1, 0.15) is 31.0 Å². The van der Waals surface area contributed by atoms with E-state index in [0.29, 0.717) is 11.9 Å². The molecular formula is C11H17ClN4O2. The first-order valence-electron chi connectivity index (χ1n) is 6.06. The monoisotopic (exact) mass is 272 g/mol. The van der Waals surface area contributed by atoms with E-state index in [1.54, 1.807) is 14.0 Å². The van der Waals surface area contributed by atoms with Gasteiger partial charge in [-0.15, -0.1) is 16.7 Å². The van der Waals surface area contributed by atoms with Crippen molar-refractivity contribution in [3.63, 3.8) is 0 Å². The summed E-state index contributed by atoms with van der Waals surface area (Å²) in [5.74, 6) is 0.621. The zero-order valence-corrected chi connectivity index (χ0v) is 11.3. The molecular weight excluding hydrogens is 256 g/mol. The maximum absolute atomic E-state index is 11.5. The van der Waals surface area contributed by atoms with Gasteiger partial charge in [0, 0.05) is 26.1 Å². The highest BCUT2D eigenvalue weighted by atomic mass is 35.5. The molecule has 1 amide bonds. The van der Waals surface area contributed by atoms with E-state index in [1.807, 2.05) is 4.90 Å². The Kier molecular flexibility index (Phi) is 4.06. The van der Waals surface area contributed by atoms with Crippen LogP contribution in [0.25, 0.3) is 0 Å². The Morgan fingerprint density at radius 2 is 2.17 bits per heavy atom. The number of aromatic nitrogens is 2. The summed E-state index contributed by atoms with van der Waals surface area (Å²) in [6.45, 7) is 3.28. The van der Waals surface area contributed by atoms with E-state index in [4.69, 9.17) is 16.0 Å². The fourth-order valence-electron chi connectivity index (χ4n) is 2.05. The van der Waals surface area contributed by atoms with Crippen LogP contribution < -0.4 is 10.2 Å². The van der Waals surface area contributed by atoms with E-state index in [2.05, 4.69) is 15.5 Å². The molecule has 0 bridgehead atoms. The summed E-state index contributed by atoms with van der Waals surface area (Å²) in [6, 6.07) is 0.493. The molecule has 6 nitrogen and oxygen atoms in total. The molecule has 18 heavy (non-hydrogen) atoms. The zero-order chi connectivity index (χ0) is 13.1. The maximum atomic E-state index is 11.5. The summed E-state index contributed by atoms with van der Waals surface area (Å²) in [7, 11) is 1.67. The molecule has 100 valence electrons. The van der Waals surface area contributed by atoms with Crippen LogP contribution in [0, 0.1) is 5.92 Å². The van der Waals surface area contributed by atoms with E-state index in [-0.39, 0.29) is 17.2 Å². The predicted octanol–water partition coefficient (Wildman–Crippen LogP) is 1.33. The predicted molar refractivity (Wildman–Crippen MR) is 67.6 cm³/mol. The molecule has 1 saturated heterocycles. The van der Waals surface area contributed by atoms with E-state index in [9.17, 15) is 4.79 Å². The molecule has 7 heteroatoms. The minimum atomic E-state index is -0.283. The molecule has 0 aliphatic carbocycles. The average molecular weight is 273 g/mol. The Morgan fingerprint density at radius 3 is 2.67 bits per heavy atom. The normalized spacial score (nSPS) is 18.7. The summed E-state index contributed by atoms with van der Waals surface area (Å²) in [4.78, 5) is 13.5. The van der Waals surface area contributed by atoms with Crippen LogP contribution in [0.4, 0.5) is 6.01 Å². The quantitative estimate of drug-likeness (QED) is 0.841. The molecule has 1 fully saturated rings. The molecule has 1 aromatic rings. The minimum Gasteiger partial charge on any atom is -0.406 e. The molecule has 1 aliphatic rings. The number of amides is 1. The zero-order valence-electron chi connectivity index (χ0n) is 10.5. The van der Waals surface area contributed by atoms with Crippen LogP contribution in [-0.2, 0) is 4.79 Å². The Labute approximate surface area is 111 Å². The second-order valence-corrected chi connectivity index (χ2v) is 5.07. The Bertz CT molecular complexity index is 413. The Balaban J connectivity index is 1.94. The standard InChI is InChI=1S/C11H17ClN4O2/c1-7(12)10-14-15-11(18-10)16-5-3-8(4-6-16)9(17)13-2/h7-8H,3-6H2,1-2H3,(H,13,17). The Morgan fingerprint density at radius 1 is 1.50 bits per heavy atom. The summed E-state index contributed by atoms with van der Waals surface area (Å²) < 4.78 is 5.48. The summed E-state index contributed by atoms with van der Waals surface area (Å²) in [6.07, 6.45) is 1.60. The number of nitrogens with one attached hydrogen (secondary N) is 1. The first-order chi connectivity index (χ1) is 8.61. The highest BCUT2D eigenvalue weighted by Crippen LogP contribution is 2.25. The highest BCUT2D eigenvalue weighted by Gasteiger charge is 2.27. The van der Waals surface area contributed by atoms with Crippen molar-refractivity contribution < 1.29 is 9.21 Å². The smallest absolute Gasteiger partial charge is 0.318 e. The number of anilines is 1. The van der Waals surface area contributed by atoms with Gasteiger partial charge in [-0.1, -0.05) is 5.10 Å². The van der Waals surface area contributed by atoms with Crippen molar-refractivity contribution in [2.24, 2.45) is 5.92 Å². The molecule has 0 saturated carbocycles. The molecule has 2 rings (SSSR count). The van der Waals surface area contributed by atoms with Crippen LogP contribution >= 0.6 is 11.6 Å². The average Bonchev–Trinajstić information content (AvgIpc) is 2.88. The molecule has 1 aliphatic heterocycles. The number of carbonyl (C=O) groups excluding carboxylic acids is 1. The van der Waals surface area contributed by atoms with Crippen LogP contribution in [-0.4, -0.2) is 36.2 Å². The third-order valence-corrected chi connectivity index (χ3v) is 3.34. The van der Waals surface area contributed by atoms with Gasteiger partial charge in [0.25, 0.3) is 0 Å². The minimum absolute atomic E-state index is 0.0839. The van der Waals surface area contributed by atoms with Crippen molar-refractivity contribution >= 4 is 23.5 Å². The SMILES string of the molecule is CNC(=O)C1CCN(c2nnc(C(C)Cl)o2)CC1. The van der Waals surface area contributed by atoms with E-state index < -0.39 is 0 Å². The molecule has 1 aromatic heterocycles. The maximum Gasteiger partial charge on any atom is 0.318 e. The van der Waals surface area contributed by atoms with E-state index in [0.717, 1.165) is 25.9 Å². The van der Waals surface area contributed by atoms with Crippen LogP contribution in [0.5, 0.6) is 0 Å². The topological polar surface area (TPSA) is 71.3 Å². The molecule has 0 radical (unpaired) electrons. The highest BCUT2D eigenvalue weighted by molar-refractivity contribution is 6.20. The van der Waals surface area contributed by atoms with Gasteiger partial charge in [-0.3, -0.25) is 4.79 Å². The summed E-state index contributed by atoms with van der Waals surface area (Å²) >= 11 is 5.87. The van der Waals surface area contributed by atoms with Crippen LogP contribution in [0.2, 0.25) is 0 Å². The number of alkyl halides is 1. The lowest BCUT2D eigenvalue weighted by molar-refractivity contribution is -0.125. The molecule has 0 aromatic carbocycles. The van der Waals surface area contributed by atoms with Gasteiger partial charge >= 0.3 is 6.01 Å². The number of rotatable bonds is 3. The number of hydrogen-bond donors (Lipinski definition) is 1. The van der Waals surface area contributed by atoms with E-state index in [1.165, 1.54) is 0 Å². The fourth-order valence-corrected chi connectivity index (χ4v) is 2.14. The summed E-state index contributed by atoms with van der Waals surface area (Å²) in [5, 5.41) is 10.3. The molecule has 1 unspecified atom stereocenters. The van der Waals surface area contributed by atoms with E-state index >= 15 is 0 Å². The lowest BCUT2D eigenvalue weighted by Crippen LogP contribution is -2.39. The van der Waals surface area contributed by atoms with Crippen LogP contribution in [0.3, 0.4) is 0 Å². The van der Waals surface area contributed by atoms with Gasteiger partial charge in [0.2, 0.25) is 11.8 Å². The number of halogens is 1. The first kappa shape index (κ1) is 13.1. The van der Waals surface area contributed by atoms with Crippen LogP contribution in [0.15, 0.2) is 4.42 Å². The first-order valence-corrected chi connectivity index (χ1v) is 6.49. The second-order valence-electron chi connectivity index (χ2n) is 4.41. The van der Waals surface area contributed by atoms with Gasteiger partial charge in [-0.2, -0.15) is 0 Å². The summed E-state index contributed by atoms with van der Waals surface area (Å²) in [5.41, 5.74) is 0. The van der Waals surface area contributed by atoms with Crippen molar-refractivity contribution in [3.8, 4) is 0 Å².